The minimum Gasteiger partial charge on any atom is -0.309 e. The molecule has 1 N–H and O–H groups in total. The van der Waals surface area contributed by atoms with E-state index in [1.165, 1.54) is 37.2 Å². The van der Waals surface area contributed by atoms with Crippen molar-refractivity contribution in [3.8, 4) is 0 Å². The van der Waals surface area contributed by atoms with Crippen LogP contribution in [-0.4, -0.2) is 40.9 Å². The monoisotopic (exact) mass is 278 g/mol. The predicted octanol–water partition coefficient (Wildman–Crippen LogP) is 2.42. The van der Waals surface area contributed by atoms with Crippen molar-refractivity contribution in [3.63, 3.8) is 0 Å². The van der Waals surface area contributed by atoms with E-state index in [9.17, 15) is 0 Å². The summed E-state index contributed by atoms with van der Waals surface area (Å²) in [6, 6.07) is 0.382. The third-order valence-electron chi connectivity index (χ3n) is 4.75. The Morgan fingerprint density at radius 1 is 1.30 bits per heavy atom. The van der Waals surface area contributed by atoms with E-state index >= 15 is 0 Å². The first kappa shape index (κ1) is 15.5. The summed E-state index contributed by atoms with van der Waals surface area (Å²) in [6.45, 7) is 13.6. The molecule has 0 bridgehead atoms. The summed E-state index contributed by atoms with van der Waals surface area (Å²) in [7, 11) is 2.02. The molecule has 114 valence electrons. The van der Waals surface area contributed by atoms with E-state index in [4.69, 9.17) is 0 Å². The lowest BCUT2D eigenvalue weighted by molar-refractivity contribution is 0.191. The second-order valence-electron chi connectivity index (χ2n) is 6.41. The van der Waals surface area contributed by atoms with Crippen LogP contribution in [0.15, 0.2) is 0 Å². The van der Waals surface area contributed by atoms with E-state index in [1.54, 1.807) is 0 Å². The van der Waals surface area contributed by atoms with Gasteiger partial charge in [0.2, 0.25) is 0 Å². The van der Waals surface area contributed by atoms with E-state index < -0.39 is 0 Å². The second kappa shape index (κ2) is 6.72. The third-order valence-corrected chi connectivity index (χ3v) is 4.75. The van der Waals surface area contributed by atoms with E-state index in [-0.39, 0.29) is 0 Å². The van der Waals surface area contributed by atoms with Crippen molar-refractivity contribution < 1.29 is 0 Å². The van der Waals surface area contributed by atoms with Crippen LogP contribution in [0, 0.1) is 19.8 Å². The molecule has 1 unspecified atom stereocenters. The van der Waals surface area contributed by atoms with Gasteiger partial charge in [-0.1, -0.05) is 6.92 Å². The van der Waals surface area contributed by atoms with E-state index in [0.29, 0.717) is 6.04 Å². The fraction of sp³-hybridized carbons (Fsp3) is 0.812. The van der Waals surface area contributed by atoms with E-state index in [0.717, 1.165) is 24.7 Å². The third kappa shape index (κ3) is 3.61. The van der Waals surface area contributed by atoms with Gasteiger partial charge in [0.25, 0.3) is 0 Å². The molecule has 1 atom stereocenters. The Bertz CT molecular complexity index is 430. The number of hydrogen-bond donors (Lipinski definition) is 1. The molecule has 0 aromatic carbocycles. The number of aromatic nitrogens is 2. The van der Waals surface area contributed by atoms with Gasteiger partial charge in [-0.2, -0.15) is 5.10 Å². The lowest BCUT2D eigenvalue weighted by atomic mass is 9.99. The summed E-state index contributed by atoms with van der Waals surface area (Å²) in [5.74, 6) is 0.916. The summed E-state index contributed by atoms with van der Waals surface area (Å²) in [5, 5.41) is 8.16. The number of rotatable bonds is 5. The van der Waals surface area contributed by atoms with Gasteiger partial charge >= 0.3 is 0 Å². The Labute approximate surface area is 123 Å². The zero-order chi connectivity index (χ0) is 14.7. The Hall–Kier alpha value is -0.870. The maximum atomic E-state index is 4.50. The first-order valence-corrected chi connectivity index (χ1v) is 7.95. The van der Waals surface area contributed by atoms with Crippen LogP contribution in [0.5, 0.6) is 0 Å². The van der Waals surface area contributed by atoms with Gasteiger partial charge in [0.05, 0.1) is 5.69 Å². The highest BCUT2D eigenvalue weighted by Crippen LogP contribution is 2.20. The zero-order valence-electron chi connectivity index (χ0n) is 13.7. The lowest BCUT2D eigenvalue weighted by Crippen LogP contribution is -2.38. The van der Waals surface area contributed by atoms with Crippen LogP contribution < -0.4 is 5.32 Å². The molecular weight excluding hydrogens is 248 g/mol. The molecule has 20 heavy (non-hydrogen) atoms. The molecule has 0 radical (unpaired) electrons. The molecule has 0 spiro atoms. The van der Waals surface area contributed by atoms with Crippen LogP contribution in [0.3, 0.4) is 0 Å². The van der Waals surface area contributed by atoms with Crippen molar-refractivity contribution in [3.05, 3.63) is 17.0 Å². The highest BCUT2D eigenvalue weighted by molar-refractivity contribution is 5.27. The number of hydrogen-bond acceptors (Lipinski definition) is 3. The number of nitrogens with zero attached hydrogens (tertiary/aromatic N) is 3. The molecule has 0 saturated carbocycles. The van der Waals surface area contributed by atoms with Crippen LogP contribution >= 0.6 is 0 Å². The fourth-order valence-electron chi connectivity index (χ4n) is 3.24. The van der Waals surface area contributed by atoms with Gasteiger partial charge in [-0.05, 0) is 52.6 Å². The molecule has 1 aliphatic rings. The van der Waals surface area contributed by atoms with Crippen molar-refractivity contribution in [2.24, 2.45) is 13.0 Å². The minimum atomic E-state index is 0.382. The topological polar surface area (TPSA) is 33.1 Å². The zero-order valence-corrected chi connectivity index (χ0v) is 13.7. The molecule has 1 aliphatic heterocycles. The van der Waals surface area contributed by atoms with Crippen LogP contribution in [0.4, 0.5) is 0 Å². The maximum Gasteiger partial charge on any atom is 0.0644 e. The summed E-state index contributed by atoms with van der Waals surface area (Å²) < 4.78 is 1.98. The molecule has 2 rings (SSSR count). The number of piperidine rings is 1. The summed E-state index contributed by atoms with van der Waals surface area (Å²) in [5.41, 5.74) is 3.78. The molecule has 2 heterocycles. The van der Waals surface area contributed by atoms with Crippen LogP contribution in [0.2, 0.25) is 0 Å². The van der Waals surface area contributed by atoms with E-state index in [2.05, 4.69) is 43.0 Å². The smallest absolute Gasteiger partial charge is 0.0644 e. The molecule has 0 aliphatic carbocycles. The summed E-state index contributed by atoms with van der Waals surface area (Å²) in [6.07, 6.45) is 2.72. The highest BCUT2D eigenvalue weighted by Gasteiger charge is 2.17. The SMILES string of the molecule is Cc1nn(C)c(C)c1C(C)NCCN1CCC(C)CC1. The van der Waals surface area contributed by atoms with Gasteiger partial charge in [0.1, 0.15) is 0 Å². The van der Waals surface area contributed by atoms with Crippen molar-refractivity contribution in [1.29, 1.82) is 0 Å². The lowest BCUT2D eigenvalue weighted by Gasteiger charge is -2.30. The number of likely N-dealkylation sites (tertiary alicyclic amines) is 1. The normalized spacial score (nSPS) is 19.4. The average Bonchev–Trinajstić information content (AvgIpc) is 2.65. The Balaban J connectivity index is 1.79. The van der Waals surface area contributed by atoms with Gasteiger partial charge < -0.3 is 10.2 Å². The predicted molar refractivity (Wildman–Crippen MR) is 83.9 cm³/mol. The van der Waals surface area contributed by atoms with Crippen molar-refractivity contribution >= 4 is 0 Å². The first-order valence-electron chi connectivity index (χ1n) is 7.95. The van der Waals surface area contributed by atoms with Gasteiger partial charge in [-0.15, -0.1) is 0 Å². The Morgan fingerprint density at radius 3 is 2.50 bits per heavy atom. The van der Waals surface area contributed by atoms with Crippen LogP contribution in [0.1, 0.15) is 49.7 Å². The average molecular weight is 278 g/mol. The quantitative estimate of drug-likeness (QED) is 0.898. The highest BCUT2D eigenvalue weighted by atomic mass is 15.3. The molecule has 4 heteroatoms. The largest absolute Gasteiger partial charge is 0.309 e. The van der Waals surface area contributed by atoms with Gasteiger partial charge in [0, 0.05) is 37.4 Å². The van der Waals surface area contributed by atoms with Crippen molar-refractivity contribution in [2.75, 3.05) is 26.2 Å². The molecule has 4 nitrogen and oxygen atoms in total. The second-order valence-corrected chi connectivity index (χ2v) is 6.41. The minimum absolute atomic E-state index is 0.382. The summed E-state index contributed by atoms with van der Waals surface area (Å²) >= 11 is 0. The van der Waals surface area contributed by atoms with Crippen molar-refractivity contribution in [2.45, 2.75) is 46.6 Å². The van der Waals surface area contributed by atoms with Crippen LogP contribution in [-0.2, 0) is 7.05 Å². The standard InChI is InChI=1S/C16H30N4/c1-12-6-9-20(10-7-12)11-8-17-13(2)16-14(3)18-19(5)15(16)4/h12-13,17H,6-11H2,1-5H3. The first-order chi connectivity index (χ1) is 9.49. The fourth-order valence-corrected chi connectivity index (χ4v) is 3.24. The van der Waals surface area contributed by atoms with Gasteiger partial charge in [-0.3, -0.25) is 4.68 Å². The Kier molecular flexibility index (Phi) is 5.22. The van der Waals surface area contributed by atoms with E-state index in [1.807, 2.05) is 11.7 Å². The molecule has 1 saturated heterocycles. The molecule has 1 aromatic rings. The summed E-state index contributed by atoms with van der Waals surface area (Å²) in [4.78, 5) is 2.59. The number of aryl methyl sites for hydroxylation is 2. The van der Waals surface area contributed by atoms with Gasteiger partial charge in [0.15, 0.2) is 0 Å². The van der Waals surface area contributed by atoms with Crippen LogP contribution in [0.25, 0.3) is 0 Å². The van der Waals surface area contributed by atoms with Gasteiger partial charge in [-0.25, -0.2) is 0 Å². The Morgan fingerprint density at radius 2 is 1.95 bits per heavy atom. The maximum absolute atomic E-state index is 4.50. The molecular formula is C16H30N4. The molecule has 1 aromatic heterocycles. The van der Waals surface area contributed by atoms with Crippen molar-refractivity contribution in [1.82, 2.24) is 20.0 Å². The molecule has 1 fully saturated rings. The number of nitrogens with one attached hydrogen (secondary N) is 1. The molecule has 0 amide bonds.